The van der Waals surface area contributed by atoms with Crippen LogP contribution in [0.4, 0.5) is 5.69 Å². The average molecular weight is 617 g/mol. The van der Waals surface area contributed by atoms with Gasteiger partial charge in [-0.3, -0.25) is 14.4 Å². The zero-order valence-corrected chi connectivity index (χ0v) is 25.4. The number of amides is 3. The second-order valence-electron chi connectivity index (χ2n) is 11.2. The van der Waals surface area contributed by atoms with E-state index in [-0.39, 0.29) is 35.7 Å². The number of unbranched alkanes of at least 4 members (excludes halogenated alkanes) is 1. The largest absolute Gasteiger partial charge is 0.396 e. The van der Waals surface area contributed by atoms with Gasteiger partial charge in [0.25, 0.3) is 5.91 Å². The molecule has 3 saturated heterocycles. The lowest BCUT2D eigenvalue weighted by Crippen LogP contribution is -2.57. The van der Waals surface area contributed by atoms with Crippen molar-refractivity contribution in [2.24, 2.45) is 11.8 Å². The van der Waals surface area contributed by atoms with Crippen LogP contribution in [0.5, 0.6) is 0 Å². The maximum absolute atomic E-state index is 14.7. The minimum Gasteiger partial charge on any atom is -0.396 e. The number of hydrogen-bond acceptors (Lipinski definition) is 5. The molecule has 3 heterocycles. The van der Waals surface area contributed by atoms with Gasteiger partial charge in [-0.15, -0.1) is 13.2 Å². The fourth-order valence-corrected chi connectivity index (χ4v) is 8.00. The molecule has 0 saturated carbocycles. The van der Waals surface area contributed by atoms with Gasteiger partial charge in [-0.05, 0) is 50.7 Å². The summed E-state index contributed by atoms with van der Waals surface area (Å²) >= 11 is 3.76. The number of carbonyl (C=O) groups excluding carboxylic acids is 3. The SMILES string of the molecule is C=CCN(CCC)C(=O)[C@H]1[C@H]2C(=O)N(CCCCO)C(C(=O)N(CC=C)c3c(C)cccc3C)C23CC(Br)[C@@H]1O3. The van der Waals surface area contributed by atoms with Crippen LogP contribution in [0.2, 0.25) is 0 Å². The molecular weight excluding hydrogens is 574 g/mol. The molecule has 2 bridgehead atoms. The summed E-state index contributed by atoms with van der Waals surface area (Å²) in [4.78, 5) is 47.9. The minimum absolute atomic E-state index is 0.00308. The quantitative estimate of drug-likeness (QED) is 0.207. The number of aliphatic hydroxyl groups is 1. The molecule has 1 aromatic carbocycles. The number of carbonyl (C=O) groups is 3. The van der Waals surface area contributed by atoms with Crippen LogP contribution >= 0.6 is 15.9 Å². The van der Waals surface area contributed by atoms with Gasteiger partial charge in [-0.25, -0.2) is 0 Å². The van der Waals surface area contributed by atoms with Gasteiger partial charge in [0.05, 0.1) is 17.9 Å². The Balaban J connectivity index is 1.81. The van der Waals surface area contributed by atoms with Crippen LogP contribution in [-0.4, -0.2) is 88.0 Å². The molecular formula is C31H42BrN3O5. The molecule has 0 aromatic heterocycles. The normalized spacial score (nSPS) is 28.5. The van der Waals surface area contributed by atoms with Gasteiger partial charge in [0.15, 0.2) is 0 Å². The first-order valence-electron chi connectivity index (χ1n) is 14.3. The standard InChI is InChI=1S/C31H42BrN3O5/c1-6-14-33(15-7-2)28(37)23-24-29(38)35(17-9-10-18-36)27(31(24)19-22(32)26(23)40-31)30(39)34(16-8-3)25-20(4)12-11-13-21(25)5/h6,8,11-13,22-24,26-27,36H,1,3,7,9-10,14-19H2,2,4-5H3/t22?,23-,24-,26-,27?,31?/m0/s1. The van der Waals surface area contributed by atoms with Crippen LogP contribution in [-0.2, 0) is 19.1 Å². The van der Waals surface area contributed by atoms with Crippen molar-refractivity contribution in [3.05, 3.63) is 54.6 Å². The van der Waals surface area contributed by atoms with Gasteiger partial charge < -0.3 is 24.5 Å². The highest BCUT2D eigenvalue weighted by Crippen LogP contribution is 2.60. The van der Waals surface area contributed by atoms with Crippen LogP contribution in [0.3, 0.4) is 0 Å². The summed E-state index contributed by atoms with van der Waals surface area (Å²) in [6.45, 7) is 15.2. The maximum Gasteiger partial charge on any atom is 0.253 e. The molecule has 3 unspecified atom stereocenters. The van der Waals surface area contributed by atoms with E-state index in [4.69, 9.17) is 4.74 Å². The molecule has 0 aliphatic carbocycles. The van der Waals surface area contributed by atoms with Gasteiger partial charge in [0.1, 0.15) is 11.6 Å². The van der Waals surface area contributed by atoms with Gasteiger partial charge in [0, 0.05) is 43.3 Å². The molecule has 9 heteroatoms. The third kappa shape index (κ3) is 5.05. The molecule has 0 radical (unpaired) electrons. The number of fused-ring (bicyclic) bond motifs is 1. The van der Waals surface area contributed by atoms with E-state index in [9.17, 15) is 19.5 Å². The number of aryl methyl sites for hydroxylation is 2. The Morgan fingerprint density at radius 2 is 1.85 bits per heavy atom. The van der Waals surface area contributed by atoms with Crippen molar-refractivity contribution in [2.75, 3.05) is 37.7 Å². The molecule has 1 N–H and O–H groups in total. The Kier molecular flexibility index (Phi) is 9.58. The second kappa shape index (κ2) is 12.6. The molecule has 3 fully saturated rings. The van der Waals surface area contributed by atoms with Crippen molar-refractivity contribution < 1.29 is 24.2 Å². The lowest BCUT2D eigenvalue weighted by Gasteiger charge is -2.38. The fourth-order valence-electron chi connectivity index (χ4n) is 7.05. The van der Waals surface area contributed by atoms with Crippen molar-refractivity contribution in [1.29, 1.82) is 0 Å². The number of alkyl halides is 1. The number of hydrogen-bond donors (Lipinski definition) is 1. The topological polar surface area (TPSA) is 90.4 Å². The molecule has 3 amide bonds. The van der Waals surface area contributed by atoms with E-state index in [0.29, 0.717) is 38.9 Å². The Morgan fingerprint density at radius 3 is 2.45 bits per heavy atom. The van der Waals surface area contributed by atoms with E-state index >= 15 is 0 Å². The van der Waals surface area contributed by atoms with E-state index in [1.54, 1.807) is 26.9 Å². The summed E-state index contributed by atoms with van der Waals surface area (Å²) in [5.41, 5.74) is 1.56. The Bertz CT molecular complexity index is 1140. The molecule has 6 atom stereocenters. The number of anilines is 1. The third-order valence-corrected chi connectivity index (χ3v) is 9.40. The minimum atomic E-state index is -1.13. The Morgan fingerprint density at radius 1 is 1.18 bits per heavy atom. The lowest BCUT2D eigenvalue weighted by molar-refractivity contribution is -0.145. The van der Waals surface area contributed by atoms with E-state index in [1.165, 1.54) is 0 Å². The highest BCUT2D eigenvalue weighted by molar-refractivity contribution is 9.09. The summed E-state index contributed by atoms with van der Waals surface area (Å²) in [5, 5.41) is 9.45. The van der Waals surface area contributed by atoms with Crippen LogP contribution in [0.15, 0.2) is 43.5 Å². The monoisotopic (exact) mass is 615 g/mol. The molecule has 218 valence electrons. The number of para-hydroxylation sites is 1. The van der Waals surface area contributed by atoms with Crippen LogP contribution in [0.1, 0.15) is 43.7 Å². The number of nitrogens with zero attached hydrogens (tertiary/aromatic N) is 3. The summed E-state index contributed by atoms with van der Waals surface area (Å²) < 4.78 is 6.70. The first-order chi connectivity index (χ1) is 19.2. The van der Waals surface area contributed by atoms with Crippen molar-refractivity contribution in [1.82, 2.24) is 9.80 Å². The number of benzene rings is 1. The number of ether oxygens (including phenoxy) is 1. The van der Waals surface area contributed by atoms with E-state index < -0.39 is 29.6 Å². The number of likely N-dealkylation sites (tertiary alicyclic amines) is 1. The molecule has 1 spiro atoms. The van der Waals surface area contributed by atoms with Crippen molar-refractivity contribution in [2.45, 2.75) is 69.0 Å². The van der Waals surface area contributed by atoms with Crippen LogP contribution in [0.25, 0.3) is 0 Å². The zero-order valence-electron chi connectivity index (χ0n) is 23.9. The lowest BCUT2D eigenvalue weighted by atomic mass is 9.70. The number of aliphatic hydroxyl groups excluding tert-OH is 1. The molecule has 4 rings (SSSR count). The average Bonchev–Trinajstić information content (AvgIpc) is 3.51. The number of rotatable bonds is 13. The molecule has 8 nitrogen and oxygen atoms in total. The highest BCUT2D eigenvalue weighted by atomic mass is 79.9. The van der Waals surface area contributed by atoms with E-state index in [1.807, 2.05) is 39.0 Å². The van der Waals surface area contributed by atoms with Crippen molar-refractivity contribution in [3.8, 4) is 0 Å². The Hall–Kier alpha value is -2.49. The smallest absolute Gasteiger partial charge is 0.253 e. The highest BCUT2D eigenvalue weighted by Gasteiger charge is 2.76. The van der Waals surface area contributed by atoms with Gasteiger partial charge in [-0.1, -0.05) is 53.2 Å². The van der Waals surface area contributed by atoms with Gasteiger partial charge >= 0.3 is 0 Å². The molecule has 1 aromatic rings. The van der Waals surface area contributed by atoms with Crippen LogP contribution < -0.4 is 4.90 Å². The van der Waals surface area contributed by atoms with Gasteiger partial charge in [-0.2, -0.15) is 0 Å². The first kappa shape index (κ1) is 30.5. The summed E-state index contributed by atoms with van der Waals surface area (Å²) in [7, 11) is 0. The Labute approximate surface area is 246 Å². The third-order valence-electron chi connectivity index (χ3n) is 8.56. The maximum atomic E-state index is 14.7. The van der Waals surface area contributed by atoms with Crippen molar-refractivity contribution in [3.63, 3.8) is 0 Å². The predicted octanol–water partition coefficient (Wildman–Crippen LogP) is 3.77. The summed E-state index contributed by atoms with van der Waals surface area (Å²) in [6, 6.07) is 4.99. The summed E-state index contributed by atoms with van der Waals surface area (Å²) in [6.07, 6.45) is 5.16. The number of halogens is 1. The molecule has 3 aliphatic rings. The predicted molar refractivity (Wildman–Crippen MR) is 159 cm³/mol. The fraction of sp³-hybridized carbons (Fsp3) is 0.581. The molecule has 3 aliphatic heterocycles. The first-order valence-corrected chi connectivity index (χ1v) is 15.2. The zero-order chi connectivity index (χ0) is 29.2. The van der Waals surface area contributed by atoms with E-state index in [0.717, 1.165) is 23.2 Å². The van der Waals surface area contributed by atoms with Gasteiger partial charge in [0.2, 0.25) is 11.8 Å². The van der Waals surface area contributed by atoms with Crippen LogP contribution in [0, 0.1) is 25.7 Å². The molecule has 40 heavy (non-hydrogen) atoms. The summed E-state index contributed by atoms with van der Waals surface area (Å²) in [5.74, 6) is -2.02. The second-order valence-corrected chi connectivity index (χ2v) is 12.4. The van der Waals surface area contributed by atoms with E-state index in [2.05, 4.69) is 29.1 Å². The van der Waals surface area contributed by atoms with Crippen molar-refractivity contribution >= 4 is 39.3 Å².